The molecule has 2 rings (SSSR count). The molecule has 0 aliphatic heterocycles. The zero-order valence-corrected chi connectivity index (χ0v) is 11.3. The van der Waals surface area contributed by atoms with Gasteiger partial charge in [-0.3, -0.25) is 0 Å². The lowest BCUT2D eigenvalue weighted by Crippen LogP contribution is -2.45. The first-order valence-corrected chi connectivity index (χ1v) is 7.06. The van der Waals surface area contributed by atoms with Crippen LogP contribution in [0.1, 0.15) is 39.0 Å². The van der Waals surface area contributed by atoms with E-state index in [-0.39, 0.29) is 0 Å². The third kappa shape index (κ3) is 4.13. The van der Waals surface area contributed by atoms with Crippen LogP contribution in [-0.4, -0.2) is 25.3 Å². The minimum atomic E-state index is 0.501. The van der Waals surface area contributed by atoms with E-state index in [1.54, 1.807) is 0 Å². The first-order chi connectivity index (χ1) is 8.28. The molecule has 0 spiro atoms. The zero-order valence-electron chi connectivity index (χ0n) is 10.5. The molecular weight excluding hydrogens is 234 g/mol. The van der Waals surface area contributed by atoms with Gasteiger partial charge in [0.2, 0.25) is 0 Å². The fraction of sp³-hybridized carbons (Fsp3) is 0.714. The SMILES string of the molecule is CCOC1CC(NCCC2=CCCC(Cl)=C2)C1. The normalized spacial score (nSPS) is 28.4. The molecule has 96 valence electrons. The van der Waals surface area contributed by atoms with Gasteiger partial charge in [-0.1, -0.05) is 17.7 Å². The molecule has 0 saturated heterocycles. The highest BCUT2D eigenvalue weighted by Gasteiger charge is 2.28. The molecular formula is C14H22ClNO. The van der Waals surface area contributed by atoms with Crippen LogP contribution in [0.15, 0.2) is 22.8 Å². The number of hydrogen-bond acceptors (Lipinski definition) is 2. The highest BCUT2D eigenvalue weighted by molar-refractivity contribution is 6.29. The minimum absolute atomic E-state index is 0.501. The van der Waals surface area contributed by atoms with Gasteiger partial charge in [-0.2, -0.15) is 0 Å². The van der Waals surface area contributed by atoms with E-state index in [1.807, 2.05) is 0 Å². The topological polar surface area (TPSA) is 21.3 Å². The number of rotatable bonds is 6. The summed E-state index contributed by atoms with van der Waals surface area (Å²) in [4.78, 5) is 0. The van der Waals surface area contributed by atoms with Gasteiger partial charge in [0.1, 0.15) is 0 Å². The molecule has 0 aromatic heterocycles. The molecule has 1 fully saturated rings. The van der Waals surface area contributed by atoms with Crippen LogP contribution in [0, 0.1) is 0 Å². The Kier molecular flexibility index (Phi) is 5.08. The molecule has 0 atom stereocenters. The number of halogens is 1. The third-order valence-electron chi connectivity index (χ3n) is 3.48. The largest absolute Gasteiger partial charge is 0.378 e. The fourth-order valence-electron chi connectivity index (χ4n) is 2.43. The predicted octanol–water partition coefficient (Wildman–Crippen LogP) is 3.38. The maximum atomic E-state index is 6.03. The molecule has 2 aliphatic carbocycles. The van der Waals surface area contributed by atoms with Gasteiger partial charge in [0.25, 0.3) is 0 Å². The van der Waals surface area contributed by atoms with E-state index >= 15 is 0 Å². The summed E-state index contributed by atoms with van der Waals surface area (Å²) in [6, 6.07) is 0.662. The van der Waals surface area contributed by atoms with Gasteiger partial charge in [0, 0.05) is 17.7 Å². The maximum absolute atomic E-state index is 6.03. The van der Waals surface area contributed by atoms with E-state index in [1.165, 1.54) is 18.4 Å². The van der Waals surface area contributed by atoms with Crippen LogP contribution in [0.5, 0.6) is 0 Å². The van der Waals surface area contributed by atoms with Gasteiger partial charge in [0.15, 0.2) is 0 Å². The molecule has 0 heterocycles. The third-order valence-corrected chi connectivity index (χ3v) is 3.77. The van der Waals surface area contributed by atoms with E-state index in [0.717, 1.165) is 37.4 Å². The van der Waals surface area contributed by atoms with E-state index in [0.29, 0.717) is 12.1 Å². The Morgan fingerprint density at radius 1 is 1.47 bits per heavy atom. The molecule has 0 aromatic carbocycles. The number of allylic oxidation sites excluding steroid dienone is 3. The standard InChI is InChI=1S/C14H22ClNO/c1-2-17-14-9-13(10-14)16-7-6-11-4-3-5-12(15)8-11/h4,8,13-14,16H,2-3,5-7,9-10H2,1H3. The van der Waals surface area contributed by atoms with E-state index < -0.39 is 0 Å². The van der Waals surface area contributed by atoms with Crippen molar-refractivity contribution < 1.29 is 4.74 Å². The predicted molar refractivity (Wildman–Crippen MR) is 72.3 cm³/mol. The lowest BCUT2D eigenvalue weighted by Gasteiger charge is -2.35. The Morgan fingerprint density at radius 2 is 2.29 bits per heavy atom. The highest BCUT2D eigenvalue weighted by atomic mass is 35.5. The molecule has 0 unspecified atom stereocenters. The molecule has 0 radical (unpaired) electrons. The monoisotopic (exact) mass is 255 g/mol. The smallest absolute Gasteiger partial charge is 0.0604 e. The van der Waals surface area contributed by atoms with Gasteiger partial charge in [-0.05, 0) is 57.2 Å². The molecule has 17 heavy (non-hydrogen) atoms. The van der Waals surface area contributed by atoms with Crippen molar-refractivity contribution in [3.8, 4) is 0 Å². The molecule has 1 N–H and O–H groups in total. The molecule has 2 aliphatic rings. The average molecular weight is 256 g/mol. The summed E-state index contributed by atoms with van der Waals surface area (Å²) >= 11 is 6.03. The lowest BCUT2D eigenvalue weighted by atomic mass is 9.89. The molecule has 0 amide bonds. The Hall–Kier alpha value is -0.310. The van der Waals surface area contributed by atoms with Crippen LogP contribution in [0.2, 0.25) is 0 Å². The summed E-state index contributed by atoms with van der Waals surface area (Å²) in [7, 11) is 0. The number of nitrogens with one attached hydrogen (secondary N) is 1. The minimum Gasteiger partial charge on any atom is -0.378 e. The van der Waals surface area contributed by atoms with Crippen LogP contribution in [0.3, 0.4) is 0 Å². The van der Waals surface area contributed by atoms with Crippen molar-refractivity contribution in [2.75, 3.05) is 13.2 Å². The zero-order chi connectivity index (χ0) is 12.1. The average Bonchev–Trinajstić information content (AvgIpc) is 2.26. The Balaban J connectivity index is 1.57. The van der Waals surface area contributed by atoms with Crippen molar-refractivity contribution in [2.45, 2.75) is 51.2 Å². The summed E-state index contributed by atoms with van der Waals surface area (Å²) in [5.74, 6) is 0. The second-order valence-electron chi connectivity index (χ2n) is 4.86. The molecule has 1 saturated carbocycles. The van der Waals surface area contributed by atoms with Gasteiger partial charge in [0.05, 0.1) is 6.10 Å². The maximum Gasteiger partial charge on any atom is 0.0604 e. The highest BCUT2D eigenvalue weighted by Crippen LogP contribution is 2.24. The second-order valence-corrected chi connectivity index (χ2v) is 5.34. The van der Waals surface area contributed by atoms with Crippen LogP contribution in [-0.2, 0) is 4.74 Å². The van der Waals surface area contributed by atoms with Crippen molar-refractivity contribution in [2.24, 2.45) is 0 Å². The quantitative estimate of drug-likeness (QED) is 0.786. The van der Waals surface area contributed by atoms with Crippen molar-refractivity contribution >= 4 is 11.6 Å². The van der Waals surface area contributed by atoms with Crippen molar-refractivity contribution in [1.82, 2.24) is 5.32 Å². The van der Waals surface area contributed by atoms with Crippen molar-refractivity contribution in [3.05, 3.63) is 22.8 Å². The molecule has 0 bridgehead atoms. The van der Waals surface area contributed by atoms with Crippen molar-refractivity contribution in [1.29, 1.82) is 0 Å². The first kappa shape index (κ1) is 13.1. The molecule has 3 heteroatoms. The van der Waals surface area contributed by atoms with Crippen LogP contribution in [0.25, 0.3) is 0 Å². The number of hydrogen-bond donors (Lipinski definition) is 1. The van der Waals surface area contributed by atoms with Gasteiger partial charge < -0.3 is 10.1 Å². The van der Waals surface area contributed by atoms with Gasteiger partial charge >= 0.3 is 0 Å². The second kappa shape index (κ2) is 6.58. The van der Waals surface area contributed by atoms with Crippen LogP contribution >= 0.6 is 11.6 Å². The first-order valence-electron chi connectivity index (χ1n) is 6.68. The van der Waals surface area contributed by atoms with E-state index in [4.69, 9.17) is 16.3 Å². The van der Waals surface area contributed by atoms with Crippen molar-refractivity contribution in [3.63, 3.8) is 0 Å². The lowest BCUT2D eigenvalue weighted by molar-refractivity contribution is -0.00959. The summed E-state index contributed by atoms with van der Waals surface area (Å²) in [6.45, 7) is 3.95. The fourth-order valence-corrected chi connectivity index (χ4v) is 2.68. The summed E-state index contributed by atoms with van der Waals surface area (Å²) in [6.07, 6.45) is 10.5. The Bertz CT molecular complexity index is 305. The number of ether oxygens (including phenoxy) is 1. The van der Waals surface area contributed by atoms with Crippen LogP contribution < -0.4 is 5.32 Å². The Morgan fingerprint density at radius 3 is 3.00 bits per heavy atom. The summed E-state index contributed by atoms with van der Waals surface area (Å²) in [5.41, 5.74) is 1.38. The summed E-state index contributed by atoms with van der Waals surface area (Å²) < 4.78 is 5.54. The molecule has 2 nitrogen and oxygen atoms in total. The van der Waals surface area contributed by atoms with Gasteiger partial charge in [-0.15, -0.1) is 0 Å². The van der Waals surface area contributed by atoms with Gasteiger partial charge in [-0.25, -0.2) is 0 Å². The van der Waals surface area contributed by atoms with E-state index in [2.05, 4.69) is 24.4 Å². The summed E-state index contributed by atoms with van der Waals surface area (Å²) in [5, 5.41) is 4.58. The molecule has 0 aromatic rings. The van der Waals surface area contributed by atoms with E-state index in [9.17, 15) is 0 Å². The Labute approximate surface area is 109 Å². The van der Waals surface area contributed by atoms with Crippen LogP contribution in [0.4, 0.5) is 0 Å².